The van der Waals surface area contributed by atoms with Gasteiger partial charge in [-0.2, -0.15) is 0 Å². The molecule has 112 valence electrons. The first kappa shape index (κ1) is 14.0. The maximum Gasteiger partial charge on any atom is 0.180 e. The molecule has 2 aromatic heterocycles. The lowest BCUT2D eigenvalue weighted by molar-refractivity contribution is 0.246. The molecule has 0 aromatic carbocycles. The summed E-state index contributed by atoms with van der Waals surface area (Å²) in [4.78, 5) is 17.8. The van der Waals surface area contributed by atoms with Crippen molar-refractivity contribution in [3.63, 3.8) is 0 Å². The van der Waals surface area contributed by atoms with Crippen LogP contribution in [0.2, 0.25) is 0 Å². The Bertz CT molecular complexity index is 576. The van der Waals surface area contributed by atoms with Gasteiger partial charge in [-0.25, -0.2) is 15.0 Å². The van der Waals surface area contributed by atoms with Crippen LogP contribution < -0.4 is 4.90 Å². The van der Waals surface area contributed by atoms with E-state index in [1.807, 2.05) is 0 Å². The van der Waals surface area contributed by atoms with Gasteiger partial charge in [0.25, 0.3) is 0 Å². The Hall–Kier alpha value is -1.95. The zero-order chi connectivity index (χ0) is 14.7. The van der Waals surface area contributed by atoms with Gasteiger partial charge in [-0.15, -0.1) is 0 Å². The Morgan fingerprint density at radius 1 is 1.14 bits per heavy atom. The van der Waals surface area contributed by atoms with Crippen LogP contribution in [0.4, 0.5) is 5.82 Å². The minimum Gasteiger partial charge on any atom is -0.451 e. The van der Waals surface area contributed by atoms with E-state index in [-0.39, 0.29) is 0 Å². The molecule has 3 rings (SSSR count). The predicted molar refractivity (Wildman–Crippen MR) is 80.1 cm³/mol. The van der Waals surface area contributed by atoms with Crippen LogP contribution >= 0.6 is 0 Å². The molecule has 6 heteroatoms. The largest absolute Gasteiger partial charge is 0.451 e. The van der Waals surface area contributed by atoms with Gasteiger partial charge in [0.1, 0.15) is 18.4 Å². The number of rotatable bonds is 4. The lowest BCUT2D eigenvalue weighted by atomic mass is 10.1. The quantitative estimate of drug-likeness (QED) is 0.852. The third kappa shape index (κ3) is 3.05. The number of nitrogens with zero attached hydrogens (tertiary/aromatic N) is 5. The highest BCUT2D eigenvalue weighted by Crippen LogP contribution is 2.21. The van der Waals surface area contributed by atoms with Crippen LogP contribution in [0.1, 0.15) is 23.9 Å². The molecule has 6 nitrogen and oxygen atoms in total. The number of piperazine rings is 1. The molecular formula is C15H21N5O. The fraction of sp³-hybridized carbons (Fsp3) is 0.533. The molecule has 0 aliphatic carbocycles. The number of hydrogen-bond donors (Lipinski definition) is 0. The molecule has 0 unspecified atom stereocenters. The van der Waals surface area contributed by atoms with Gasteiger partial charge in [-0.1, -0.05) is 6.92 Å². The van der Waals surface area contributed by atoms with Gasteiger partial charge < -0.3 is 9.32 Å². The summed E-state index contributed by atoms with van der Waals surface area (Å²) >= 11 is 0. The maximum absolute atomic E-state index is 5.02. The van der Waals surface area contributed by atoms with Gasteiger partial charge in [-0.3, -0.25) is 4.90 Å². The summed E-state index contributed by atoms with van der Waals surface area (Å²) in [5.74, 6) is 1.10. The van der Waals surface area contributed by atoms with Gasteiger partial charge in [0.05, 0.1) is 5.69 Å². The molecule has 1 saturated heterocycles. The van der Waals surface area contributed by atoms with Crippen molar-refractivity contribution < 1.29 is 4.42 Å². The second kappa shape index (κ2) is 6.22. The zero-order valence-electron chi connectivity index (χ0n) is 12.6. The van der Waals surface area contributed by atoms with Gasteiger partial charge in [0.15, 0.2) is 6.39 Å². The van der Waals surface area contributed by atoms with Gasteiger partial charge in [0.2, 0.25) is 0 Å². The summed E-state index contributed by atoms with van der Waals surface area (Å²) in [5.41, 5.74) is 3.35. The fourth-order valence-electron chi connectivity index (χ4n) is 2.84. The van der Waals surface area contributed by atoms with E-state index >= 15 is 0 Å². The monoisotopic (exact) mass is 287 g/mol. The Morgan fingerprint density at radius 2 is 1.95 bits per heavy atom. The Balaban J connectivity index is 1.64. The molecule has 0 bridgehead atoms. The highest BCUT2D eigenvalue weighted by atomic mass is 16.3. The number of aromatic nitrogens is 3. The summed E-state index contributed by atoms with van der Waals surface area (Å²) in [6, 6.07) is 0. The Morgan fingerprint density at radius 3 is 2.62 bits per heavy atom. The van der Waals surface area contributed by atoms with Crippen LogP contribution in [0.5, 0.6) is 0 Å². The van der Waals surface area contributed by atoms with Crippen LogP contribution in [0.25, 0.3) is 0 Å². The number of aryl methyl sites for hydroxylation is 1. The average Bonchev–Trinajstić information content (AvgIpc) is 3.01. The van der Waals surface area contributed by atoms with Crippen LogP contribution in [0.15, 0.2) is 23.4 Å². The normalized spacial score (nSPS) is 16.4. The first-order valence-electron chi connectivity index (χ1n) is 7.42. The first-order chi connectivity index (χ1) is 10.3. The number of anilines is 1. The molecule has 1 aliphatic rings. The molecule has 3 heterocycles. The van der Waals surface area contributed by atoms with Crippen LogP contribution in [0, 0.1) is 6.92 Å². The molecule has 0 amide bonds. The Kier molecular flexibility index (Phi) is 4.15. The van der Waals surface area contributed by atoms with E-state index in [1.165, 1.54) is 12.0 Å². The standard InChI is InChI=1S/C15H21N5O/c1-3-14-12(2)16-10-17-15(14)20-6-4-19(5-7-20)8-13-9-21-11-18-13/h9-11H,3-8H2,1-2H3. The third-order valence-corrected chi connectivity index (χ3v) is 4.03. The van der Waals surface area contributed by atoms with E-state index in [0.717, 1.165) is 56.4 Å². The van der Waals surface area contributed by atoms with Crippen molar-refractivity contribution in [2.45, 2.75) is 26.8 Å². The SMILES string of the molecule is CCc1c(C)ncnc1N1CCN(Cc2cocn2)CC1. The van der Waals surface area contributed by atoms with Crippen molar-refractivity contribution in [3.8, 4) is 0 Å². The van der Waals surface area contributed by atoms with Crippen LogP contribution in [-0.2, 0) is 13.0 Å². The molecule has 0 N–H and O–H groups in total. The highest BCUT2D eigenvalue weighted by molar-refractivity contribution is 5.48. The van der Waals surface area contributed by atoms with Gasteiger partial charge >= 0.3 is 0 Å². The summed E-state index contributed by atoms with van der Waals surface area (Å²) in [6.45, 7) is 9.08. The molecule has 21 heavy (non-hydrogen) atoms. The van der Waals surface area contributed by atoms with Gasteiger partial charge in [-0.05, 0) is 13.3 Å². The molecule has 0 saturated carbocycles. The van der Waals surface area contributed by atoms with E-state index in [1.54, 1.807) is 12.6 Å². The molecule has 0 radical (unpaired) electrons. The van der Waals surface area contributed by atoms with Crippen molar-refractivity contribution in [2.24, 2.45) is 0 Å². The van der Waals surface area contributed by atoms with Crippen molar-refractivity contribution in [2.75, 3.05) is 31.1 Å². The molecule has 1 fully saturated rings. The predicted octanol–water partition coefficient (Wildman–Crippen LogP) is 1.66. The summed E-state index contributed by atoms with van der Waals surface area (Å²) in [5, 5.41) is 0. The third-order valence-electron chi connectivity index (χ3n) is 4.03. The smallest absolute Gasteiger partial charge is 0.180 e. The zero-order valence-corrected chi connectivity index (χ0v) is 12.6. The van der Waals surface area contributed by atoms with E-state index < -0.39 is 0 Å². The molecular weight excluding hydrogens is 266 g/mol. The molecule has 0 spiro atoms. The second-order valence-corrected chi connectivity index (χ2v) is 5.36. The van der Waals surface area contributed by atoms with Crippen molar-refractivity contribution in [1.29, 1.82) is 0 Å². The summed E-state index contributed by atoms with van der Waals surface area (Å²) in [6.07, 6.45) is 5.85. The maximum atomic E-state index is 5.02. The first-order valence-corrected chi connectivity index (χ1v) is 7.42. The van der Waals surface area contributed by atoms with Crippen molar-refractivity contribution in [1.82, 2.24) is 19.9 Å². The average molecular weight is 287 g/mol. The van der Waals surface area contributed by atoms with E-state index in [9.17, 15) is 0 Å². The van der Waals surface area contributed by atoms with Crippen molar-refractivity contribution >= 4 is 5.82 Å². The minimum atomic E-state index is 0.855. The van der Waals surface area contributed by atoms with E-state index in [4.69, 9.17) is 4.42 Å². The molecule has 2 aromatic rings. The van der Waals surface area contributed by atoms with Gasteiger partial charge in [0, 0.05) is 44.0 Å². The lowest BCUT2D eigenvalue weighted by Crippen LogP contribution is -2.46. The van der Waals surface area contributed by atoms with E-state index in [0.29, 0.717) is 0 Å². The minimum absolute atomic E-state index is 0.855. The second-order valence-electron chi connectivity index (χ2n) is 5.36. The molecule has 0 atom stereocenters. The van der Waals surface area contributed by atoms with Crippen LogP contribution in [0.3, 0.4) is 0 Å². The number of oxazole rings is 1. The topological polar surface area (TPSA) is 58.3 Å². The Labute approximate surface area is 124 Å². The lowest BCUT2D eigenvalue weighted by Gasteiger charge is -2.35. The summed E-state index contributed by atoms with van der Waals surface area (Å²) in [7, 11) is 0. The fourth-order valence-corrected chi connectivity index (χ4v) is 2.84. The van der Waals surface area contributed by atoms with Crippen molar-refractivity contribution in [3.05, 3.63) is 35.9 Å². The summed E-state index contributed by atoms with van der Waals surface area (Å²) < 4.78 is 5.02. The van der Waals surface area contributed by atoms with Crippen LogP contribution in [-0.4, -0.2) is 46.0 Å². The van der Waals surface area contributed by atoms with E-state index in [2.05, 4.69) is 38.6 Å². The highest BCUT2D eigenvalue weighted by Gasteiger charge is 2.21. The number of hydrogen-bond acceptors (Lipinski definition) is 6. The molecule has 1 aliphatic heterocycles.